The molecule has 0 aliphatic rings. The molecule has 0 fully saturated rings. The predicted octanol–water partition coefficient (Wildman–Crippen LogP) is 19.9. The Bertz CT molecular complexity index is 1350. The van der Waals surface area contributed by atoms with Crippen molar-refractivity contribution >= 4 is 17.9 Å². The molecule has 6 nitrogen and oxygen atoms in total. The van der Waals surface area contributed by atoms with Crippen LogP contribution in [0.25, 0.3) is 0 Å². The van der Waals surface area contributed by atoms with Crippen LogP contribution < -0.4 is 0 Å². The lowest BCUT2D eigenvalue weighted by Crippen LogP contribution is -2.30. The molecule has 0 amide bonds. The van der Waals surface area contributed by atoms with Crippen molar-refractivity contribution in [2.24, 2.45) is 0 Å². The molecule has 1 unspecified atom stereocenters. The van der Waals surface area contributed by atoms with Gasteiger partial charge in [0.05, 0.1) is 0 Å². The van der Waals surface area contributed by atoms with Gasteiger partial charge in [0, 0.05) is 19.3 Å². The lowest BCUT2D eigenvalue weighted by molar-refractivity contribution is -0.167. The Morgan fingerprint density at radius 3 is 0.900 bits per heavy atom. The number of unbranched alkanes of at least 4 members (excludes halogenated alkanes) is 28. The van der Waals surface area contributed by atoms with E-state index in [0.29, 0.717) is 19.3 Å². The van der Waals surface area contributed by atoms with Gasteiger partial charge in [0.1, 0.15) is 13.2 Å². The van der Waals surface area contributed by atoms with Gasteiger partial charge in [-0.1, -0.05) is 254 Å². The predicted molar refractivity (Wildman–Crippen MR) is 302 cm³/mol. The third-order valence-electron chi connectivity index (χ3n) is 12.6. The fraction of sp³-hybridized carbons (Fsp3) is 0.734. The number of esters is 3. The van der Waals surface area contributed by atoms with E-state index < -0.39 is 6.10 Å². The number of carbonyl (C=O) groups is 3. The van der Waals surface area contributed by atoms with Crippen LogP contribution in [0.3, 0.4) is 0 Å². The highest BCUT2D eigenvalue weighted by atomic mass is 16.6. The molecule has 0 aromatic carbocycles. The second kappa shape index (κ2) is 58.2. The van der Waals surface area contributed by atoms with E-state index in [9.17, 15) is 14.4 Å². The molecule has 0 radical (unpaired) electrons. The molecule has 0 saturated heterocycles. The Kier molecular flexibility index (Phi) is 55.3. The van der Waals surface area contributed by atoms with Gasteiger partial charge >= 0.3 is 17.9 Å². The number of rotatable bonds is 53. The fourth-order valence-electron chi connectivity index (χ4n) is 8.21. The molecule has 0 rings (SSSR count). The highest BCUT2D eigenvalue weighted by molar-refractivity contribution is 5.71. The Morgan fingerprint density at radius 1 is 0.300 bits per heavy atom. The van der Waals surface area contributed by atoms with Crippen LogP contribution in [0.5, 0.6) is 0 Å². The smallest absolute Gasteiger partial charge is 0.306 e. The summed E-state index contributed by atoms with van der Waals surface area (Å²) in [6.07, 6.45) is 75.9. The number of hydrogen-bond donors (Lipinski definition) is 0. The van der Waals surface area contributed by atoms with E-state index in [1.807, 2.05) is 0 Å². The topological polar surface area (TPSA) is 78.9 Å². The number of allylic oxidation sites excluding steroid dienone is 14. The van der Waals surface area contributed by atoms with E-state index in [4.69, 9.17) is 14.2 Å². The van der Waals surface area contributed by atoms with Crippen LogP contribution in [-0.2, 0) is 28.6 Å². The quantitative estimate of drug-likeness (QED) is 0.0261. The van der Waals surface area contributed by atoms with Crippen molar-refractivity contribution in [3.05, 3.63) is 85.1 Å². The zero-order valence-corrected chi connectivity index (χ0v) is 46.0. The molecule has 0 aliphatic carbocycles. The maximum atomic E-state index is 12.8. The summed E-state index contributed by atoms with van der Waals surface area (Å²) in [5, 5.41) is 0. The van der Waals surface area contributed by atoms with Crippen molar-refractivity contribution in [2.45, 2.75) is 290 Å². The van der Waals surface area contributed by atoms with Crippen molar-refractivity contribution in [2.75, 3.05) is 13.2 Å². The Balaban J connectivity index is 4.19. The number of ether oxygens (including phenoxy) is 3. The minimum atomic E-state index is -0.779. The molecule has 0 aliphatic heterocycles. The Hall–Kier alpha value is -3.41. The zero-order chi connectivity index (χ0) is 50.7. The van der Waals surface area contributed by atoms with Gasteiger partial charge in [-0.3, -0.25) is 14.4 Å². The van der Waals surface area contributed by atoms with Gasteiger partial charge < -0.3 is 14.2 Å². The summed E-state index contributed by atoms with van der Waals surface area (Å²) in [5.74, 6) is -0.887. The van der Waals surface area contributed by atoms with E-state index >= 15 is 0 Å². The van der Waals surface area contributed by atoms with Crippen LogP contribution in [0.15, 0.2) is 85.1 Å². The van der Waals surface area contributed by atoms with Crippen LogP contribution in [0.2, 0.25) is 0 Å². The molecule has 6 heteroatoms. The molecule has 0 N–H and O–H groups in total. The maximum absolute atomic E-state index is 12.8. The molecule has 1 atom stereocenters. The molecule has 402 valence electrons. The standard InChI is InChI=1S/C64H110O6/c1-4-7-10-13-16-19-22-24-25-26-27-28-29-30-31-32-33-34-35-36-37-38-39-41-42-45-48-51-54-57-63(66)69-60-61(59-68-62(65)56-53-50-47-44-21-18-15-12-9-6-3)70-64(67)58-55-52-49-46-43-40-23-20-17-14-11-8-5-2/h7,10,16,19-20,23-25,27-28,30-31,33-34,61H,4-6,8-9,11-15,17-18,21-22,26,29,32,35-60H2,1-3H3/b10-7-,19-16-,23-20-,25-24-,28-27-,31-30-,34-33-. The van der Waals surface area contributed by atoms with Crippen LogP contribution in [0.4, 0.5) is 0 Å². The third-order valence-corrected chi connectivity index (χ3v) is 12.6. The monoisotopic (exact) mass is 975 g/mol. The molecule has 70 heavy (non-hydrogen) atoms. The summed E-state index contributed by atoms with van der Waals surface area (Å²) in [6.45, 7) is 6.50. The Morgan fingerprint density at radius 2 is 0.557 bits per heavy atom. The molecule has 0 aromatic rings. The van der Waals surface area contributed by atoms with Crippen molar-refractivity contribution in [1.29, 1.82) is 0 Å². The van der Waals surface area contributed by atoms with Crippen LogP contribution in [0, 0.1) is 0 Å². The first-order valence-electron chi connectivity index (χ1n) is 29.6. The molecule has 0 saturated carbocycles. The molecular weight excluding hydrogens is 865 g/mol. The molecule has 0 heterocycles. The van der Waals surface area contributed by atoms with E-state index in [-0.39, 0.29) is 31.1 Å². The highest BCUT2D eigenvalue weighted by Gasteiger charge is 2.19. The lowest BCUT2D eigenvalue weighted by atomic mass is 10.1. The molecular formula is C64H110O6. The average molecular weight is 976 g/mol. The second-order valence-electron chi connectivity index (χ2n) is 19.5. The summed E-state index contributed by atoms with van der Waals surface area (Å²) in [5.41, 5.74) is 0. The van der Waals surface area contributed by atoms with Gasteiger partial charge in [0.25, 0.3) is 0 Å². The van der Waals surface area contributed by atoms with Crippen LogP contribution in [0.1, 0.15) is 284 Å². The van der Waals surface area contributed by atoms with Crippen LogP contribution in [-0.4, -0.2) is 37.2 Å². The first-order chi connectivity index (χ1) is 34.5. The minimum Gasteiger partial charge on any atom is -0.462 e. The summed E-state index contributed by atoms with van der Waals surface area (Å²) in [4.78, 5) is 38.0. The number of hydrogen-bond acceptors (Lipinski definition) is 6. The van der Waals surface area contributed by atoms with Crippen molar-refractivity contribution in [1.82, 2.24) is 0 Å². The highest BCUT2D eigenvalue weighted by Crippen LogP contribution is 2.15. The van der Waals surface area contributed by atoms with Gasteiger partial charge in [-0.25, -0.2) is 0 Å². The minimum absolute atomic E-state index is 0.0782. The maximum Gasteiger partial charge on any atom is 0.306 e. The third kappa shape index (κ3) is 55.5. The van der Waals surface area contributed by atoms with Crippen LogP contribution >= 0.6 is 0 Å². The zero-order valence-electron chi connectivity index (χ0n) is 46.0. The Labute approximate surface area is 433 Å². The van der Waals surface area contributed by atoms with E-state index in [1.54, 1.807) is 0 Å². The van der Waals surface area contributed by atoms with Gasteiger partial charge in [-0.05, 0) is 96.3 Å². The lowest BCUT2D eigenvalue weighted by Gasteiger charge is -2.18. The summed E-state index contributed by atoms with van der Waals surface area (Å²) < 4.78 is 16.8. The first kappa shape index (κ1) is 66.6. The van der Waals surface area contributed by atoms with E-state index in [0.717, 1.165) is 109 Å². The summed E-state index contributed by atoms with van der Waals surface area (Å²) in [6, 6.07) is 0. The van der Waals surface area contributed by atoms with E-state index in [1.165, 1.54) is 135 Å². The van der Waals surface area contributed by atoms with Gasteiger partial charge in [-0.2, -0.15) is 0 Å². The normalized spacial score (nSPS) is 12.7. The molecule has 0 bridgehead atoms. The van der Waals surface area contributed by atoms with Crippen molar-refractivity contribution < 1.29 is 28.6 Å². The largest absolute Gasteiger partial charge is 0.462 e. The van der Waals surface area contributed by atoms with Gasteiger partial charge in [0.15, 0.2) is 6.10 Å². The van der Waals surface area contributed by atoms with Crippen molar-refractivity contribution in [3.8, 4) is 0 Å². The average Bonchev–Trinajstić information content (AvgIpc) is 3.36. The first-order valence-corrected chi connectivity index (χ1v) is 29.6. The van der Waals surface area contributed by atoms with Crippen molar-refractivity contribution in [3.63, 3.8) is 0 Å². The molecule has 0 spiro atoms. The fourth-order valence-corrected chi connectivity index (χ4v) is 8.21. The second-order valence-corrected chi connectivity index (χ2v) is 19.5. The van der Waals surface area contributed by atoms with Gasteiger partial charge in [0.2, 0.25) is 0 Å². The van der Waals surface area contributed by atoms with Gasteiger partial charge in [-0.15, -0.1) is 0 Å². The SMILES string of the molecule is CC/C=C\C/C=C\C/C=C\C/C=C\C/C=C\C/C=C\CCCCCCCCCCCCC(=O)OCC(COC(=O)CCCCCCCCCCCC)OC(=O)CCCCCCC/C=C\CCCCCC. The molecule has 0 aromatic heterocycles. The van der Waals surface area contributed by atoms with E-state index in [2.05, 4.69) is 106 Å². The summed E-state index contributed by atoms with van der Waals surface area (Å²) in [7, 11) is 0. The summed E-state index contributed by atoms with van der Waals surface area (Å²) >= 11 is 0. The number of carbonyl (C=O) groups excluding carboxylic acids is 3.